The van der Waals surface area contributed by atoms with Gasteiger partial charge in [-0.1, -0.05) is 18.2 Å². The molecule has 1 aromatic rings. The molecule has 0 spiro atoms. The van der Waals surface area contributed by atoms with Crippen molar-refractivity contribution < 1.29 is 17.9 Å². The summed E-state index contributed by atoms with van der Waals surface area (Å²) in [5.41, 5.74) is -0.0546. The first-order valence-corrected chi connectivity index (χ1v) is 7.65. The third kappa shape index (κ3) is 1.92. The molecule has 0 unspecified atom stereocenters. The van der Waals surface area contributed by atoms with Gasteiger partial charge in [-0.05, 0) is 24.5 Å². The Bertz CT molecular complexity index is 653. The maximum atomic E-state index is 12.5. The van der Waals surface area contributed by atoms with Crippen LogP contribution in [0.4, 0.5) is 0 Å². The van der Waals surface area contributed by atoms with E-state index < -0.39 is 20.6 Å². The number of ether oxygens (including phenoxy) is 1. The highest BCUT2D eigenvalue weighted by molar-refractivity contribution is 7.92. The normalized spacial score (nSPS) is 21.3. The van der Waals surface area contributed by atoms with Crippen LogP contribution >= 0.6 is 0 Å². The summed E-state index contributed by atoms with van der Waals surface area (Å²) in [5, 5.41) is -0.482. The van der Waals surface area contributed by atoms with Gasteiger partial charge in [0, 0.05) is 0 Å². The highest BCUT2D eigenvalue weighted by atomic mass is 32.2. The Balaban J connectivity index is 2.10. The van der Waals surface area contributed by atoms with Gasteiger partial charge in [0.05, 0.1) is 23.6 Å². The van der Waals surface area contributed by atoms with Gasteiger partial charge < -0.3 is 4.74 Å². The number of carbonyl (C=O) groups excluding carboxylic acids is 1. The molecule has 2 fully saturated rings. The van der Waals surface area contributed by atoms with Crippen LogP contribution in [-0.4, -0.2) is 33.0 Å². The van der Waals surface area contributed by atoms with E-state index in [1.54, 1.807) is 30.3 Å². The van der Waals surface area contributed by atoms with E-state index in [-0.39, 0.29) is 18.1 Å². The molecule has 0 N–H and O–H groups in total. The van der Waals surface area contributed by atoms with Crippen LogP contribution in [-0.2, 0) is 24.9 Å². The van der Waals surface area contributed by atoms with Crippen LogP contribution < -0.4 is 0 Å². The number of sulfone groups is 1. The van der Waals surface area contributed by atoms with Gasteiger partial charge in [0.1, 0.15) is 5.25 Å². The molecule has 0 radical (unpaired) electrons. The van der Waals surface area contributed by atoms with Crippen LogP contribution in [0.3, 0.4) is 0 Å². The van der Waals surface area contributed by atoms with Crippen LogP contribution in [0.25, 0.3) is 0 Å². The highest BCUT2D eigenvalue weighted by Gasteiger charge is 2.48. The van der Waals surface area contributed by atoms with Crippen molar-refractivity contribution in [1.29, 1.82) is 0 Å². The molecule has 19 heavy (non-hydrogen) atoms. The number of hydrogen-bond acceptors (Lipinski definition) is 5. The lowest BCUT2D eigenvalue weighted by molar-refractivity contribution is 0.0415. The molecule has 6 heteroatoms. The van der Waals surface area contributed by atoms with Crippen LogP contribution in [0, 0.1) is 0 Å². The van der Waals surface area contributed by atoms with E-state index in [1.165, 1.54) is 0 Å². The average Bonchev–Trinajstić information content (AvgIpc) is 3.08. The zero-order valence-electron chi connectivity index (χ0n) is 10.2. The Labute approximate surface area is 111 Å². The van der Waals surface area contributed by atoms with Gasteiger partial charge in [0.15, 0.2) is 9.84 Å². The van der Waals surface area contributed by atoms with Crippen molar-refractivity contribution >= 4 is 15.9 Å². The molecule has 0 aromatic heterocycles. The Morgan fingerprint density at radius 1 is 1.26 bits per heavy atom. The molecule has 5 nitrogen and oxygen atoms in total. The van der Waals surface area contributed by atoms with E-state index in [0.29, 0.717) is 18.4 Å². The summed E-state index contributed by atoms with van der Waals surface area (Å²) < 4.78 is 30.0. The van der Waals surface area contributed by atoms with Crippen molar-refractivity contribution in [2.45, 2.75) is 28.5 Å². The first-order valence-electron chi connectivity index (χ1n) is 6.10. The molecule has 1 saturated heterocycles. The van der Waals surface area contributed by atoms with Crippen LogP contribution in [0.1, 0.15) is 18.4 Å². The van der Waals surface area contributed by atoms with Gasteiger partial charge in [0.2, 0.25) is 6.08 Å². The molecule has 1 aliphatic heterocycles. The molecule has 1 saturated carbocycles. The van der Waals surface area contributed by atoms with Crippen molar-refractivity contribution in [3.05, 3.63) is 29.8 Å². The van der Waals surface area contributed by atoms with Crippen molar-refractivity contribution in [3.8, 4) is 0 Å². The molecule has 3 rings (SSSR count). The number of aliphatic imine (C=N–C) groups is 1. The van der Waals surface area contributed by atoms with E-state index in [0.717, 1.165) is 0 Å². The Morgan fingerprint density at radius 2 is 1.95 bits per heavy atom. The lowest BCUT2D eigenvalue weighted by Crippen LogP contribution is -2.41. The summed E-state index contributed by atoms with van der Waals surface area (Å²) in [4.78, 5) is 14.6. The van der Waals surface area contributed by atoms with Gasteiger partial charge in [-0.2, -0.15) is 4.99 Å². The molecule has 1 aliphatic carbocycles. The minimum absolute atomic E-state index is 0.237. The maximum Gasteiger partial charge on any atom is 0.235 e. The lowest BCUT2D eigenvalue weighted by atomic mass is 10.1. The molecule has 0 atom stereocenters. The highest BCUT2D eigenvalue weighted by Crippen LogP contribution is 2.51. The topological polar surface area (TPSA) is 72.8 Å². The van der Waals surface area contributed by atoms with Crippen molar-refractivity contribution in [3.63, 3.8) is 0 Å². The summed E-state index contributed by atoms with van der Waals surface area (Å²) in [5.74, 6) is 0. The van der Waals surface area contributed by atoms with Crippen LogP contribution in [0.5, 0.6) is 0 Å². The SMILES string of the molecule is O=C=NC1(c2ccccc2S(=O)(=O)C2COC2)CC1. The predicted octanol–water partition coefficient (Wildman–Crippen LogP) is 1.18. The van der Waals surface area contributed by atoms with Crippen molar-refractivity contribution in [1.82, 2.24) is 0 Å². The minimum Gasteiger partial charge on any atom is -0.379 e. The lowest BCUT2D eigenvalue weighted by Gasteiger charge is -2.27. The molecule has 1 aromatic carbocycles. The van der Waals surface area contributed by atoms with E-state index in [4.69, 9.17) is 4.74 Å². The number of rotatable bonds is 4. The van der Waals surface area contributed by atoms with Gasteiger partial charge >= 0.3 is 0 Å². The van der Waals surface area contributed by atoms with Crippen molar-refractivity contribution in [2.75, 3.05) is 13.2 Å². The molecule has 0 amide bonds. The van der Waals surface area contributed by atoms with Gasteiger partial charge in [0.25, 0.3) is 0 Å². The Kier molecular flexibility index (Phi) is 2.82. The monoisotopic (exact) mass is 279 g/mol. The van der Waals surface area contributed by atoms with E-state index in [9.17, 15) is 13.2 Å². The summed E-state index contributed by atoms with van der Waals surface area (Å²) >= 11 is 0. The molecule has 100 valence electrons. The van der Waals surface area contributed by atoms with E-state index in [2.05, 4.69) is 4.99 Å². The first-order chi connectivity index (χ1) is 9.10. The number of hydrogen-bond donors (Lipinski definition) is 0. The second-order valence-corrected chi connectivity index (χ2v) is 7.13. The fourth-order valence-corrected chi connectivity index (χ4v) is 4.06. The second kappa shape index (κ2) is 4.27. The van der Waals surface area contributed by atoms with Gasteiger partial charge in [-0.25, -0.2) is 13.2 Å². The van der Waals surface area contributed by atoms with Gasteiger partial charge in [-0.15, -0.1) is 0 Å². The van der Waals surface area contributed by atoms with E-state index >= 15 is 0 Å². The fourth-order valence-electron chi connectivity index (χ4n) is 2.32. The second-order valence-electron chi connectivity index (χ2n) is 4.94. The third-order valence-electron chi connectivity index (χ3n) is 3.72. The predicted molar refractivity (Wildman–Crippen MR) is 67.3 cm³/mol. The fraction of sp³-hybridized carbons (Fsp3) is 0.462. The number of benzene rings is 1. The molecule has 1 heterocycles. The van der Waals surface area contributed by atoms with Crippen molar-refractivity contribution in [2.24, 2.45) is 4.99 Å². The van der Waals surface area contributed by atoms with Gasteiger partial charge in [-0.3, -0.25) is 0 Å². The largest absolute Gasteiger partial charge is 0.379 e. The smallest absolute Gasteiger partial charge is 0.235 e. The Morgan fingerprint density at radius 3 is 2.47 bits per heavy atom. The summed E-state index contributed by atoms with van der Waals surface area (Å²) in [6.45, 7) is 0.473. The maximum absolute atomic E-state index is 12.5. The molecule has 0 bridgehead atoms. The summed E-state index contributed by atoms with van der Waals surface area (Å²) in [6.07, 6.45) is 2.94. The molecular formula is C13H13NO4S. The first kappa shape index (κ1) is 12.5. The Hall–Kier alpha value is -1.49. The number of isocyanates is 1. The molecular weight excluding hydrogens is 266 g/mol. The number of nitrogens with zero attached hydrogens (tertiary/aromatic N) is 1. The third-order valence-corrected chi connectivity index (χ3v) is 5.84. The minimum atomic E-state index is -3.41. The summed E-state index contributed by atoms with van der Waals surface area (Å²) in [7, 11) is -3.41. The summed E-state index contributed by atoms with van der Waals surface area (Å²) in [6, 6.07) is 6.78. The quantitative estimate of drug-likeness (QED) is 0.613. The van der Waals surface area contributed by atoms with E-state index in [1.807, 2.05) is 0 Å². The average molecular weight is 279 g/mol. The molecule has 2 aliphatic rings. The standard InChI is InChI=1S/C13H13NO4S/c15-9-14-13(5-6-13)11-3-1-2-4-12(11)19(16,17)10-7-18-8-10/h1-4,10H,5-8H2. The van der Waals surface area contributed by atoms with Crippen LogP contribution in [0.2, 0.25) is 0 Å². The zero-order chi connectivity index (χ0) is 13.5. The zero-order valence-corrected chi connectivity index (χ0v) is 11.0. The van der Waals surface area contributed by atoms with Crippen LogP contribution in [0.15, 0.2) is 34.2 Å².